The van der Waals surface area contributed by atoms with Crippen LogP contribution in [0.15, 0.2) is 24.5 Å². The molecule has 0 radical (unpaired) electrons. The number of ether oxygens (including phenoxy) is 2. The summed E-state index contributed by atoms with van der Waals surface area (Å²) in [4.78, 5) is 10.8. The van der Waals surface area contributed by atoms with E-state index in [0.717, 1.165) is 47.9 Å². The molecular weight excluding hydrogens is 344 g/mol. The van der Waals surface area contributed by atoms with Crippen molar-refractivity contribution in [2.75, 3.05) is 36.5 Å². The number of hydrogen-bond acceptors (Lipinski definition) is 7. The van der Waals surface area contributed by atoms with Gasteiger partial charge in [-0.25, -0.2) is 0 Å². The molecule has 1 fully saturated rings. The normalized spacial score (nSPS) is 19.3. The van der Waals surface area contributed by atoms with E-state index >= 15 is 0 Å². The van der Waals surface area contributed by atoms with Gasteiger partial charge >= 0.3 is 0 Å². The first kappa shape index (κ1) is 18.0. The van der Waals surface area contributed by atoms with E-state index in [1.165, 1.54) is 0 Å². The van der Waals surface area contributed by atoms with E-state index in [1.807, 2.05) is 6.92 Å². The van der Waals surface area contributed by atoms with Crippen molar-refractivity contribution in [1.82, 2.24) is 9.97 Å². The second-order valence-electron chi connectivity index (χ2n) is 7.74. The Hall–Kier alpha value is -2.38. The van der Waals surface area contributed by atoms with Crippen LogP contribution in [0, 0.1) is 6.92 Å². The molecule has 7 nitrogen and oxygen atoms in total. The van der Waals surface area contributed by atoms with Crippen molar-refractivity contribution in [3.8, 4) is 5.75 Å². The summed E-state index contributed by atoms with van der Waals surface area (Å²) in [6.45, 7) is 9.03. The molecule has 0 saturated carbocycles. The molecule has 2 N–H and O–H groups in total. The number of nitrogens with one attached hydrogen (secondary N) is 1. The van der Waals surface area contributed by atoms with Crippen LogP contribution in [-0.4, -0.2) is 47.0 Å². The molecular formula is C20H26N4O3. The molecule has 7 heteroatoms. The molecule has 27 heavy (non-hydrogen) atoms. The van der Waals surface area contributed by atoms with E-state index in [1.54, 1.807) is 12.4 Å². The van der Waals surface area contributed by atoms with Gasteiger partial charge in [-0.05, 0) is 26.8 Å². The van der Waals surface area contributed by atoms with Gasteiger partial charge in [-0.3, -0.25) is 9.97 Å². The van der Waals surface area contributed by atoms with Gasteiger partial charge < -0.3 is 24.8 Å². The monoisotopic (exact) mass is 370 g/mol. The molecule has 1 aromatic heterocycles. The molecule has 1 saturated heterocycles. The molecule has 2 aromatic rings. The van der Waals surface area contributed by atoms with E-state index in [0.29, 0.717) is 18.9 Å². The van der Waals surface area contributed by atoms with Crippen molar-refractivity contribution in [1.29, 1.82) is 0 Å². The Balaban J connectivity index is 1.66. The molecule has 1 atom stereocenters. The number of fused-ring (bicyclic) bond motifs is 1. The Bertz CT molecular complexity index is 817. The number of aryl methyl sites for hydroxylation is 1. The number of rotatable bonds is 4. The first-order chi connectivity index (χ1) is 12.9. The van der Waals surface area contributed by atoms with Crippen LogP contribution in [-0.2, 0) is 11.2 Å². The minimum absolute atomic E-state index is 0.218. The van der Waals surface area contributed by atoms with Crippen LogP contribution in [0.1, 0.15) is 37.0 Å². The molecule has 0 amide bonds. The summed E-state index contributed by atoms with van der Waals surface area (Å²) in [5.74, 6) is 0.914. The lowest BCUT2D eigenvalue weighted by atomic mass is 10.0. The third-order valence-corrected chi connectivity index (χ3v) is 4.91. The van der Waals surface area contributed by atoms with Gasteiger partial charge in [0.05, 0.1) is 36.5 Å². The Kier molecular flexibility index (Phi) is 4.65. The van der Waals surface area contributed by atoms with Crippen LogP contribution < -0.4 is 15.0 Å². The Morgan fingerprint density at radius 2 is 1.96 bits per heavy atom. The number of hydrogen-bond donors (Lipinski definition) is 2. The van der Waals surface area contributed by atoms with Crippen molar-refractivity contribution in [2.24, 2.45) is 0 Å². The van der Waals surface area contributed by atoms with Crippen molar-refractivity contribution in [3.05, 3.63) is 41.5 Å². The highest BCUT2D eigenvalue weighted by molar-refractivity contribution is 5.75. The van der Waals surface area contributed by atoms with E-state index in [2.05, 4.69) is 46.2 Å². The minimum Gasteiger partial charge on any atom is -0.487 e. The smallest absolute Gasteiger partial charge is 0.169 e. The highest BCUT2D eigenvalue weighted by atomic mass is 16.5. The van der Waals surface area contributed by atoms with Crippen LogP contribution in [0.2, 0.25) is 0 Å². The average Bonchev–Trinajstić information content (AvgIpc) is 2.95. The number of aliphatic hydroxyl groups is 1. The van der Waals surface area contributed by atoms with Crippen LogP contribution in [0.25, 0.3) is 0 Å². The predicted octanol–water partition coefficient (Wildman–Crippen LogP) is 2.44. The number of morpholine rings is 1. The molecule has 3 heterocycles. The molecule has 1 aromatic carbocycles. The summed E-state index contributed by atoms with van der Waals surface area (Å²) in [7, 11) is 0. The minimum atomic E-state index is -0.939. The molecule has 0 aliphatic carbocycles. The molecule has 2 aliphatic rings. The van der Waals surface area contributed by atoms with Gasteiger partial charge in [0, 0.05) is 37.3 Å². The van der Waals surface area contributed by atoms with Gasteiger partial charge in [0.25, 0.3) is 0 Å². The first-order valence-corrected chi connectivity index (χ1v) is 9.33. The largest absolute Gasteiger partial charge is 0.487 e. The maximum Gasteiger partial charge on any atom is 0.169 e. The van der Waals surface area contributed by atoms with E-state index in [4.69, 9.17) is 9.47 Å². The van der Waals surface area contributed by atoms with Crippen LogP contribution in [0.4, 0.5) is 11.4 Å². The molecule has 144 valence electrons. The first-order valence-electron chi connectivity index (χ1n) is 9.33. The lowest BCUT2D eigenvalue weighted by Crippen LogP contribution is -2.36. The topological polar surface area (TPSA) is 79.7 Å². The average molecular weight is 370 g/mol. The second-order valence-corrected chi connectivity index (χ2v) is 7.74. The van der Waals surface area contributed by atoms with Crippen LogP contribution in [0.5, 0.6) is 5.75 Å². The van der Waals surface area contributed by atoms with Crippen molar-refractivity contribution in [3.63, 3.8) is 0 Å². The molecule has 2 aliphatic heterocycles. The second kappa shape index (κ2) is 6.98. The summed E-state index contributed by atoms with van der Waals surface area (Å²) in [6.07, 6.45) is 3.15. The van der Waals surface area contributed by atoms with E-state index < -0.39 is 6.23 Å². The summed E-state index contributed by atoms with van der Waals surface area (Å²) in [5.41, 5.74) is 4.11. The fraction of sp³-hybridized carbons (Fsp3) is 0.500. The Morgan fingerprint density at radius 1 is 1.19 bits per heavy atom. The maximum absolute atomic E-state index is 10.7. The molecule has 4 rings (SSSR count). The SMILES string of the molecule is Cc1cnc(C(O)Nc2cc3c(cc2N2CCOCC2)OC(C)(C)C3)cn1. The number of nitrogens with zero attached hydrogens (tertiary/aromatic N) is 3. The quantitative estimate of drug-likeness (QED) is 0.800. The van der Waals surface area contributed by atoms with Gasteiger partial charge in [0.2, 0.25) is 0 Å². The zero-order chi connectivity index (χ0) is 19.0. The maximum atomic E-state index is 10.7. The number of aromatic nitrogens is 2. The van der Waals surface area contributed by atoms with Crippen molar-refractivity contribution in [2.45, 2.75) is 39.0 Å². The van der Waals surface area contributed by atoms with Gasteiger partial charge in [0.15, 0.2) is 6.23 Å². The Morgan fingerprint density at radius 3 is 2.67 bits per heavy atom. The highest BCUT2D eigenvalue weighted by Crippen LogP contribution is 2.42. The number of aliphatic hydroxyl groups excluding tert-OH is 1. The lowest BCUT2D eigenvalue weighted by molar-refractivity contribution is 0.122. The fourth-order valence-corrected chi connectivity index (χ4v) is 3.59. The third kappa shape index (κ3) is 3.84. The van der Waals surface area contributed by atoms with Gasteiger partial charge in [0.1, 0.15) is 17.0 Å². The van der Waals surface area contributed by atoms with Crippen LogP contribution in [0.3, 0.4) is 0 Å². The van der Waals surface area contributed by atoms with Crippen molar-refractivity contribution >= 4 is 11.4 Å². The standard InChI is InChI=1S/C20H26N4O3/c1-13-11-22-16(12-21-13)19(25)23-15-8-14-10-20(2,3)27-18(14)9-17(15)24-4-6-26-7-5-24/h8-9,11-12,19,23,25H,4-7,10H2,1-3H3. The molecule has 0 bridgehead atoms. The van der Waals surface area contributed by atoms with E-state index in [-0.39, 0.29) is 5.60 Å². The Labute approximate surface area is 159 Å². The molecule has 1 unspecified atom stereocenters. The highest BCUT2D eigenvalue weighted by Gasteiger charge is 2.32. The molecule has 0 spiro atoms. The third-order valence-electron chi connectivity index (χ3n) is 4.91. The van der Waals surface area contributed by atoms with Gasteiger partial charge in [-0.2, -0.15) is 0 Å². The number of anilines is 2. The lowest BCUT2D eigenvalue weighted by Gasteiger charge is -2.31. The summed E-state index contributed by atoms with van der Waals surface area (Å²) in [5, 5.41) is 13.9. The van der Waals surface area contributed by atoms with E-state index in [9.17, 15) is 5.11 Å². The predicted molar refractivity (Wildman–Crippen MR) is 103 cm³/mol. The van der Waals surface area contributed by atoms with Crippen LogP contribution >= 0.6 is 0 Å². The summed E-state index contributed by atoms with van der Waals surface area (Å²) in [6, 6.07) is 4.16. The number of benzene rings is 1. The van der Waals surface area contributed by atoms with Gasteiger partial charge in [-0.15, -0.1) is 0 Å². The van der Waals surface area contributed by atoms with Gasteiger partial charge in [-0.1, -0.05) is 0 Å². The fourth-order valence-electron chi connectivity index (χ4n) is 3.59. The summed E-state index contributed by atoms with van der Waals surface area (Å²) >= 11 is 0. The zero-order valence-corrected chi connectivity index (χ0v) is 16.0. The zero-order valence-electron chi connectivity index (χ0n) is 16.0. The summed E-state index contributed by atoms with van der Waals surface area (Å²) < 4.78 is 11.6. The van der Waals surface area contributed by atoms with Crippen molar-refractivity contribution < 1.29 is 14.6 Å².